The zero-order valence-corrected chi connectivity index (χ0v) is 13.4. The first-order valence-corrected chi connectivity index (χ1v) is 9.59. The van der Waals surface area contributed by atoms with E-state index in [9.17, 15) is 14.7 Å². The van der Waals surface area contributed by atoms with Crippen molar-refractivity contribution in [2.75, 3.05) is 5.88 Å². The lowest BCUT2D eigenvalue weighted by Crippen LogP contribution is -2.71. The van der Waals surface area contributed by atoms with Crippen molar-refractivity contribution in [3.8, 4) is 0 Å². The monoisotopic (exact) mass is 293 g/mol. The highest BCUT2D eigenvalue weighted by Crippen LogP contribution is 2.35. The molecule has 0 aromatic heterocycles. The molecule has 0 heterocycles. The van der Waals surface area contributed by atoms with Gasteiger partial charge in [-0.2, -0.15) is 0 Å². The molecule has 0 saturated carbocycles. The Kier molecular flexibility index (Phi) is 6.92. The number of hydrogen-bond donors (Lipinski definition) is 2. The molecule has 106 valence electrons. The first-order valence-electron chi connectivity index (χ1n) is 6.43. The Hall–Kier alpha value is -0.553. The summed E-state index contributed by atoms with van der Waals surface area (Å²) in [7, 11) is -2.16. The summed E-state index contributed by atoms with van der Waals surface area (Å²) in [5.41, 5.74) is 0. The van der Waals surface area contributed by atoms with Gasteiger partial charge in [0, 0.05) is 12.8 Å². The Morgan fingerprint density at radius 2 is 1.67 bits per heavy atom. The second-order valence-corrected chi connectivity index (χ2v) is 10.6. The fourth-order valence-corrected chi connectivity index (χ4v) is 8.25. The lowest BCUT2D eigenvalue weighted by Gasteiger charge is -2.45. The van der Waals surface area contributed by atoms with E-state index in [0.29, 0.717) is 6.42 Å². The average Bonchev–Trinajstić information content (AvgIpc) is 2.31. The molecule has 1 atom stereocenters. The molecule has 0 aliphatic carbocycles. The van der Waals surface area contributed by atoms with Crippen LogP contribution in [0.5, 0.6) is 0 Å². The normalized spacial score (nSPS) is 14.9. The Morgan fingerprint density at radius 3 is 1.89 bits per heavy atom. The van der Waals surface area contributed by atoms with E-state index in [0.717, 1.165) is 18.1 Å². The van der Waals surface area contributed by atoms with Gasteiger partial charge in [-0.05, 0) is 6.42 Å². The molecule has 0 aliphatic rings. The second-order valence-electron chi connectivity index (χ2n) is 4.67. The van der Waals surface area contributed by atoms with E-state index in [1.165, 1.54) is 6.92 Å². The van der Waals surface area contributed by atoms with Gasteiger partial charge in [-0.1, -0.05) is 38.9 Å². The van der Waals surface area contributed by atoms with Crippen LogP contribution in [-0.2, 0) is 9.59 Å². The van der Waals surface area contributed by atoms with Crippen LogP contribution in [0.1, 0.15) is 34.1 Å². The Balaban J connectivity index is 5.78. The van der Waals surface area contributed by atoms with Crippen molar-refractivity contribution in [3.05, 3.63) is 0 Å². The van der Waals surface area contributed by atoms with Crippen LogP contribution in [0.4, 0.5) is 0 Å². The number of carboxylic acid groups (broad SMARTS) is 1. The highest BCUT2D eigenvalue weighted by atomic mass is 35.5. The SMILES string of the molecule is CC[Si](CC)(CC)C(CCCl)(NC(C)=O)C(=O)O. The summed E-state index contributed by atoms with van der Waals surface area (Å²) >= 11 is 5.80. The van der Waals surface area contributed by atoms with E-state index in [2.05, 4.69) is 5.32 Å². The minimum absolute atomic E-state index is 0.237. The summed E-state index contributed by atoms with van der Waals surface area (Å²) in [6.07, 6.45) is 0.297. The maximum atomic E-state index is 11.8. The van der Waals surface area contributed by atoms with E-state index >= 15 is 0 Å². The zero-order valence-electron chi connectivity index (χ0n) is 11.7. The van der Waals surface area contributed by atoms with E-state index < -0.39 is 19.2 Å². The van der Waals surface area contributed by atoms with Gasteiger partial charge < -0.3 is 10.4 Å². The molecule has 6 heteroatoms. The van der Waals surface area contributed by atoms with Gasteiger partial charge in [0.05, 0.1) is 8.07 Å². The lowest BCUT2D eigenvalue weighted by molar-refractivity contribution is -0.144. The number of carbonyl (C=O) groups excluding carboxylic acids is 1. The highest BCUT2D eigenvalue weighted by Gasteiger charge is 2.55. The fraction of sp³-hybridized carbons (Fsp3) is 0.833. The number of carboxylic acids is 1. The number of alkyl halides is 1. The molecule has 0 aliphatic heterocycles. The third-order valence-electron chi connectivity index (χ3n) is 4.16. The molecule has 0 aromatic carbocycles. The van der Waals surface area contributed by atoms with Crippen LogP contribution in [0.25, 0.3) is 0 Å². The van der Waals surface area contributed by atoms with Crippen LogP contribution < -0.4 is 5.32 Å². The number of nitrogens with one attached hydrogen (secondary N) is 1. The zero-order chi connectivity index (χ0) is 14.4. The van der Waals surface area contributed by atoms with E-state index in [-0.39, 0.29) is 11.8 Å². The lowest BCUT2D eigenvalue weighted by atomic mass is 10.2. The van der Waals surface area contributed by atoms with Gasteiger partial charge in [-0.3, -0.25) is 9.59 Å². The van der Waals surface area contributed by atoms with Crippen LogP contribution in [-0.4, -0.2) is 36.1 Å². The molecule has 0 fully saturated rings. The van der Waals surface area contributed by atoms with Crippen molar-refractivity contribution in [1.82, 2.24) is 5.32 Å². The predicted molar refractivity (Wildman–Crippen MR) is 76.7 cm³/mol. The molecular weight excluding hydrogens is 270 g/mol. The van der Waals surface area contributed by atoms with Gasteiger partial charge >= 0.3 is 5.97 Å². The molecule has 18 heavy (non-hydrogen) atoms. The maximum Gasteiger partial charge on any atom is 0.325 e. The van der Waals surface area contributed by atoms with Gasteiger partial charge in [-0.15, -0.1) is 11.6 Å². The van der Waals surface area contributed by atoms with Crippen molar-refractivity contribution in [2.45, 2.75) is 57.4 Å². The van der Waals surface area contributed by atoms with Crippen LogP contribution in [0, 0.1) is 0 Å². The average molecular weight is 294 g/mol. The van der Waals surface area contributed by atoms with Crippen LogP contribution in [0.2, 0.25) is 18.1 Å². The first-order chi connectivity index (χ1) is 8.35. The number of rotatable bonds is 8. The van der Waals surface area contributed by atoms with Crippen LogP contribution in [0.15, 0.2) is 0 Å². The number of hydrogen-bond acceptors (Lipinski definition) is 2. The molecule has 2 N–H and O–H groups in total. The quantitative estimate of drug-likeness (QED) is 0.534. The molecule has 0 saturated heterocycles. The predicted octanol–water partition coefficient (Wildman–Crippen LogP) is 2.62. The molecule has 4 nitrogen and oxygen atoms in total. The Bertz CT molecular complexity index is 299. The van der Waals surface area contributed by atoms with Crippen molar-refractivity contribution in [2.24, 2.45) is 0 Å². The van der Waals surface area contributed by atoms with E-state index in [1.807, 2.05) is 20.8 Å². The number of amides is 1. The minimum Gasteiger partial charge on any atom is -0.480 e. The summed E-state index contributed by atoms with van der Waals surface area (Å²) in [5.74, 6) is -0.994. The third-order valence-corrected chi connectivity index (χ3v) is 10.8. The number of carbonyl (C=O) groups is 2. The molecule has 1 unspecified atom stereocenters. The van der Waals surface area contributed by atoms with Gasteiger partial charge in [0.2, 0.25) is 5.91 Å². The molecule has 0 bridgehead atoms. The second kappa shape index (κ2) is 7.14. The number of aliphatic carboxylic acids is 1. The molecule has 1 amide bonds. The van der Waals surface area contributed by atoms with Crippen molar-refractivity contribution >= 4 is 31.6 Å². The summed E-state index contributed by atoms with van der Waals surface area (Å²) < 4.78 is 0. The molecule has 0 radical (unpaired) electrons. The maximum absolute atomic E-state index is 11.8. The van der Waals surface area contributed by atoms with Crippen LogP contribution in [0.3, 0.4) is 0 Å². The van der Waals surface area contributed by atoms with Gasteiger partial charge in [0.25, 0.3) is 0 Å². The van der Waals surface area contributed by atoms with Crippen molar-refractivity contribution < 1.29 is 14.7 Å². The first kappa shape index (κ1) is 17.4. The summed E-state index contributed by atoms with van der Waals surface area (Å²) in [6, 6.07) is 2.47. The molecule has 0 aromatic rings. The summed E-state index contributed by atoms with van der Waals surface area (Å²) in [4.78, 5) is 23.3. The Morgan fingerprint density at radius 1 is 1.22 bits per heavy atom. The largest absolute Gasteiger partial charge is 0.480 e. The topological polar surface area (TPSA) is 66.4 Å². The highest BCUT2D eigenvalue weighted by molar-refractivity contribution is 6.85. The number of halogens is 1. The molecule has 0 spiro atoms. The van der Waals surface area contributed by atoms with Gasteiger partial charge in [0.15, 0.2) is 0 Å². The Labute approximate surface area is 115 Å². The smallest absolute Gasteiger partial charge is 0.325 e. The van der Waals surface area contributed by atoms with Gasteiger partial charge in [-0.25, -0.2) is 0 Å². The fourth-order valence-electron chi connectivity index (χ4n) is 2.95. The summed E-state index contributed by atoms with van der Waals surface area (Å²) in [6.45, 7) is 7.43. The van der Waals surface area contributed by atoms with Crippen molar-refractivity contribution in [1.29, 1.82) is 0 Å². The van der Waals surface area contributed by atoms with Crippen LogP contribution >= 0.6 is 11.6 Å². The van der Waals surface area contributed by atoms with Crippen molar-refractivity contribution in [3.63, 3.8) is 0 Å². The van der Waals surface area contributed by atoms with E-state index in [4.69, 9.17) is 11.6 Å². The molecule has 0 rings (SSSR count). The molecular formula is C12H24ClNO3Si. The standard InChI is InChI=1S/C12H24ClNO3Si/c1-5-18(6-2,7-3)12(8-9-13,11(16)17)14-10(4)15/h5-9H2,1-4H3,(H,14,15)(H,16,17). The van der Waals surface area contributed by atoms with E-state index in [1.54, 1.807) is 0 Å². The summed E-state index contributed by atoms with van der Waals surface area (Å²) in [5, 5.41) is 11.3. The minimum atomic E-state index is -2.16. The third kappa shape index (κ3) is 3.06. The van der Waals surface area contributed by atoms with Gasteiger partial charge in [0.1, 0.15) is 5.16 Å².